The van der Waals surface area contributed by atoms with Crippen LogP contribution in [0.3, 0.4) is 0 Å². The summed E-state index contributed by atoms with van der Waals surface area (Å²) in [5, 5.41) is 2.61. The number of hydrogen-bond acceptors (Lipinski definition) is 1. The van der Waals surface area contributed by atoms with Crippen LogP contribution in [0.4, 0.5) is 0 Å². The first kappa shape index (κ1) is 27.4. The van der Waals surface area contributed by atoms with Crippen molar-refractivity contribution in [2.75, 3.05) is 0 Å². The van der Waals surface area contributed by atoms with Gasteiger partial charge in [0.05, 0.1) is 11.0 Å². The fourth-order valence-electron chi connectivity index (χ4n) is 8.71. The van der Waals surface area contributed by atoms with Crippen LogP contribution in [-0.4, -0.2) is 9.55 Å². The van der Waals surface area contributed by atoms with E-state index in [1.807, 2.05) is 0 Å². The van der Waals surface area contributed by atoms with Gasteiger partial charge in [0.25, 0.3) is 0 Å². The summed E-state index contributed by atoms with van der Waals surface area (Å²) in [6, 6.07) is 57.9. The summed E-state index contributed by atoms with van der Waals surface area (Å²) in [6.45, 7) is 0. The van der Waals surface area contributed by atoms with Crippen LogP contribution >= 0.6 is 0 Å². The summed E-state index contributed by atoms with van der Waals surface area (Å²) < 4.78 is 2.29. The number of nitrogens with zero attached hydrogens (tertiary/aromatic N) is 2. The van der Waals surface area contributed by atoms with Crippen LogP contribution in [0.5, 0.6) is 0 Å². The van der Waals surface area contributed by atoms with Crippen molar-refractivity contribution < 1.29 is 0 Å². The molecule has 0 radical (unpaired) electrons. The minimum absolute atomic E-state index is 0.0848. The van der Waals surface area contributed by atoms with Gasteiger partial charge < -0.3 is 0 Å². The minimum Gasteiger partial charge on any atom is -0.292 e. The van der Waals surface area contributed by atoms with Gasteiger partial charge in [-0.3, -0.25) is 4.57 Å². The van der Waals surface area contributed by atoms with E-state index in [2.05, 4.69) is 162 Å². The van der Waals surface area contributed by atoms with Crippen molar-refractivity contribution in [2.24, 2.45) is 0 Å². The molecule has 0 atom stereocenters. The van der Waals surface area contributed by atoms with E-state index in [4.69, 9.17) is 4.98 Å². The van der Waals surface area contributed by atoms with Crippen molar-refractivity contribution in [1.29, 1.82) is 0 Å². The lowest BCUT2D eigenvalue weighted by molar-refractivity contribution is 0.550. The number of imidazole rings is 1. The maximum Gasteiger partial charge on any atom is 0.145 e. The second-order valence-electron chi connectivity index (χ2n) is 13.5. The molecule has 0 unspecified atom stereocenters. The van der Waals surface area contributed by atoms with Crippen LogP contribution in [0.1, 0.15) is 36.8 Å². The van der Waals surface area contributed by atoms with E-state index in [0.29, 0.717) is 0 Å². The lowest BCUT2D eigenvalue weighted by Gasteiger charge is -2.27. The fourth-order valence-corrected chi connectivity index (χ4v) is 8.71. The minimum atomic E-state index is 0.0848. The van der Waals surface area contributed by atoms with E-state index >= 15 is 0 Å². The van der Waals surface area contributed by atoms with Crippen LogP contribution in [-0.2, 0) is 5.41 Å². The number of para-hydroxylation sites is 2. The second kappa shape index (κ2) is 10.7. The first-order valence-electron chi connectivity index (χ1n) is 17.2. The molecule has 0 bridgehead atoms. The van der Waals surface area contributed by atoms with Gasteiger partial charge in [0.1, 0.15) is 5.82 Å². The molecule has 1 saturated carbocycles. The van der Waals surface area contributed by atoms with E-state index in [0.717, 1.165) is 28.1 Å². The van der Waals surface area contributed by atoms with E-state index < -0.39 is 0 Å². The van der Waals surface area contributed by atoms with Gasteiger partial charge in [0, 0.05) is 16.7 Å². The Kier molecular flexibility index (Phi) is 6.08. The molecule has 2 aliphatic carbocycles. The Morgan fingerprint density at radius 1 is 0.479 bits per heavy atom. The van der Waals surface area contributed by atoms with Gasteiger partial charge in [-0.2, -0.15) is 0 Å². The maximum atomic E-state index is 5.04. The van der Waals surface area contributed by atoms with Gasteiger partial charge in [0.15, 0.2) is 0 Å². The number of benzene rings is 7. The Labute approximate surface area is 281 Å². The molecule has 0 aliphatic heterocycles. The van der Waals surface area contributed by atoms with E-state index in [1.54, 1.807) is 0 Å². The number of fused-ring (bicyclic) bond motifs is 7. The predicted molar refractivity (Wildman–Crippen MR) is 200 cm³/mol. The third kappa shape index (κ3) is 4.09. The number of hydrogen-bond donors (Lipinski definition) is 0. The largest absolute Gasteiger partial charge is 0.292 e. The van der Waals surface area contributed by atoms with Crippen molar-refractivity contribution in [1.82, 2.24) is 9.55 Å². The highest BCUT2D eigenvalue weighted by Crippen LogP contribution is 2.58. The summed E-state index contributed by atoms with van der Waals surface area (Å²) >= 11 is 0. The lowest BCUT2D eigenvalue weighted by Crippen LogP contribution is -2.20. The highest BCUT2D eigenvalue weighted by molar-refractivity contribution is 5.98. The summed E-state index contributed by atoms with van der Waals surface area (Å²) in [5.74, 6) is 0.964. The summed E-state index contributed by atoms with van der Waals surface area (Å²) in [6.07, 6.45) is 4.98. The van der Waals surface area contributed by atoms with E-state index in [-0.39, 0.29) is 5.41 Å². The normalized spacial score (nSPS) is 14.5. The van der Waals surface area contributed by atoms with Gasteiger partial charge >= 0.3 is 0 Å². The molecule has 48 heavy (non-hydrogen) atoms. The SMILES string of the molecule is c1ccc(-c2nc3ccccc3n2-c2ccc(-c3ccc4c(c3)C3(CCCC3)c3cc(-c5cccc6ccccc56)ccc3-4)cc2)cc1. The second-order valence-corrected chi connectivity index (χ2v) is 13.5. The van der Waals surface area contributed by atoms with Crippen LogP contribution < -0.4 is 0 Å². The van der Waals surface area contributed by atoms with Crippen LogP contribution in [0.15, 0.2) is 158 Å². The molecule has 1 heterocycles. The summed E-state index contributed by atoms with van der Waals surface area (Å²) in [7, 11) is 0. The van der Waals surface area contributed by atoms with Crippen molar-refractivity contribution in [3.05, 3.63) is 169 Å². The quantitative estimate of drug-likeness (QED) is 0.193. The van der Waals surface area contributed by atoms with Crippen LogP contribution in [0.2, 0.25) is 0 Å². The Bertz CT molecular complexity index is 2490. The lowest BCUT2D eigenvalue weighted by atomic mass is 9.75. The topological polar surface area (TPSA) is 17.8 Å². The molecule has 228 valence electrons. The van der Waals surface area contributed by atoms with Crippen molar-refractivity contribution in [3.63, 3.8) is 0 Å². The molecule has 7 aromatic carbocycles. The average Bonchev–Trinajstić information content (AvgIpc) is 3.87. The standard InChI is InChI=1S/C46H34N2/c1-2-12-33(13-3-1)45-47-43-17-6-7-18-44(43)48(45)36-23-19-31(20-24-36)34-21-25-39-40-26-22-35(38-16-10-14-32-11-4-5-15-37(32)38)30-42(40)46(41(39)29-34)27-8-9-28-46/h1-7,10-26,29-30H,8-9,27-28H2. The number of rotatable bonds is 4. The molecule has 0 N–H and O–H groups in total. The summed E-state index contributed by atoms with van der Waals surface area (Å²) in [4.78, 5) is 5.04. The average molecular weight is 615 g/mol. The van der Waals surface area contributed by atoms with Gasteiger partial charge in [-0.05, 0) is 105 Å². The molecule has 0 amide bonds. The predicted octanol–water partition coefficient (Wildman–Crippen LogP) is 12.0. The molecule has 1 spiro atoms. The monoisotopic (exact) mass is 614 g/mol. The van der Waals surface area contributed by atoms with Crippen molar-refractivity contribution >= 4 is 21.8 Å². The Morgan fingerprint density at radius 2 is 1.12 bits per heavy atom. The van der Waals surface area contributed by atoms with Crippen LogP contribution in [0.25, 0.3) is 72.3 Å². The zero-order valence-electron chi connectivity index (χ0n) is 26.7. The Balaban J connectivity index is 1.05. The Hall–Kier alpha value is -5.73. The highest BCUT2D eigenvalue weighted by atomic mass is 15.1. The zero-order valence-corrected chi connectivity index (χ0v) is 26.7. The van der Waals surface area contributed by atoms with Gasteiger partial charge in [-0.15, -0.1) is 0 Å². The first-order chi connectivity index (χ1) is 23.8. The summed E-state index contributed by atoms with van der Waals surface area (Å²) in [5.41, 5.74) is 15.5. The third-order valence-corrected chi connectivity index (χ3v) is 11.0. The number of aromatic nitrogens is 2. The smallest absolute Gasteiger partial charge is 0.145 e. The highest BCUT2D eigenvalue weighted by Gasteiger charge is 2.45. The van der Waals surface area contributed by atoms with Crippen molar-refractivity contribution in [2.45, 2.75) is 31.1 Å². The molecule has 10 rings (SSSR count). The molecule has 2 heteroatoms. The zero-order chi connectivity index (χ0) is 31.7. The molecule has 0 saturated heterocycles. The Morgan fingerprint density at radius 3 is 1.94 bits per heavy atom. The van der Waals surface area contributed by atoms with Crippen LogP contribution in [0, 0.1) is 0 Å². The van der Waals surface area contributed by atoms with Crippen molar-refractivity contribution in [3.8, 4) is 50.5 Å². The first-order valence-corrected chi connectivity index (χ1v) is 17.2. The van der Waals surface area contributed by atoms with E-state index in [9.17, 15) is 0 Å². The molecule has 1 fully saturated rings. The molecule has 2 aliphatic rings. The maximum absolute atomic E-state index is 5.04. The van der Waals surface area contributed by atoms with Gasteiger partial charge in [-0.25, -0.2) is 4.98 Å². The third-order valence-electron chi connectivity index (χ3n) is 11.0. The molecular formula is C46H34N2. The van der Waals surface area contributed by atoms with E-state index in [1.165, 1.54) is 81.0 Å². The van der Waals surface area contributed by atoms with Gasteiger partial charge in [0.2, 0.25) is 0 Å². The molecule has 1 aromatic heterocycles. The molecular weight excluding hydrogens is 581 g/mol. The fraction of sp³-hybridized carbons (Fsp3) is 0.109. The molecule has 8 aromatic rings. The van der Waals surface area contributed by atoms with Gasteiger partial charge in [-0.1, -0.05) is 134 Å². The molecule has 2 nitrogen and oxygen atoms in total.